The first-order valence-corrected chi connectivity index (χ1v) is 19.6. The van der Waals surface area contributed by atoms with Gasteiger partial charge in [0.25, 0.3) is 0 Å². The fraction of sp³-hybridized carbons (Fsp3) is 0.486. The molecule has 6 rings (SSSR count). The van der Waals surface area contributed by atoms with Crippen LogP contribution in [0.2, 0.25) is 0 Å². The van der Waals surface area contributed by atoms with Gasteiger partial charge in [-0.05, 0) is 19.9 Å². The van der Waals surface area contributed by atoms with Gasteiger partial charge >= 0.3 is 204 Å². The molecular weight excluding hydrogens is 613 g/mol. The van der Waals surface area contributed by atoms with Crippen LogP contribution in [0.1, 0.15) is 40.5 Å². The van der Waals surface area contributed by atoms with Crippen molar-refractivity contribution in [2.45, 2.75) is 57.9 Å². The normalized spacial score (nSPS) is 17.6. The molecule has 4 heterocycles. The fourth-order valence-corrected chi connectivity index (χ4v) is 11.4. The number of rotatable bonds is 10. The van der Waals surface area contributed by atoms with Gasteiger partial charge in [0.15, 0.2) is 0 Å². The topological polar surface area (TPSA) is 89.0 Å². The summed E-state index contributed by atoms with van der Waals surface area (Å²) >= 11 is 1.61. The Kier molecular flexibility index (Phi) is 10.0. The molecule has 0 saturated carbocycles. The number of benzene rings is 2. The van der Waals surface area contributed by atoms with Crippen molar-refractivity contribution in [1.29, 1.82) is 0 Å². The number of methoxy groups -OCH3 is 1. The van der Waals surface area contributed by atoms with Crippen LogP contribution >= 0.6 is 18.8 Å². The number of para-hydroxylation sites is 1. The summed E-state index contributed by atoms with van der Waals surface area (Å²) in [4.78, 5) is 29.4. The Morgan fingerprint density at radius 1 is 0.891 bits per heavy atom. The molecule has 0 bridgehead atoms. The number of ether oxygens (including phenoxy) is 1. The first kappa shape index (κ1) is 32.9. The molecule has 0 amide bonds. The Morgan fingerprint density at radius 2 is 1.61 bits per heavy atom. The molecule has 2 aliphatic heterocycles. The maximum atomic E-state index is 12.0. The summed E-state index contributed by atoms with van der Waals surface area (Å²) in [7, 11) is 1.14. The summed E-state index contributed by atoms with van der Waals surface area (Å²) in [5, 5.41) is 10.1. The van der Waals surface area contributed by atoms with Crippen molar-refractivity contribution in [3.63, 3.8) is 0 Å². The number of piperidine rings is 1. The molecule has 0 aliphatic carbocycles. The zero-order valence-electron chi connectivity index (χ0n) is 28.1. The summed E-state index contributed by atoms with van der Waals surface area (Å²) in [6.07, 6.45) is 2.38. The van der Waals surface area contributed by atoms with Crippen molar-refractivity contribution in [2.75, 3.05) is 69.0 Å². The van der Waals surface area contributed by atoms with Crippen molar-refractivity contribution in [2.24, 2.45) is 0 Å². The van der Waals surface area contributed by atoms with E-state index >= 15 is 0 Å². The fourth-order valence-electron chi connectivity index (χ4n) is 7.14. The zero-order valence-corrected chi connectivity index (χ0v) is 29.9. The molecule has 2 aromatic heterocycles. The van der Waals surface area contributed by atoms with Gasteiger partial charge in [0.05, 0.1) is 0 Å². The summed E-state index contributed by atoms with van der Waals surface area (Å²) < 4.78 is 6.85. The number of hydrogen-bond donors (Lipinski definition) is 3. The Hall–Kier alpha value is -3.01. The molecule has 0 radical (unpaired) electrons. The average Bonchev–Trinajstić information content (AvgIpc) is 3.54. The molecular formula is C35H50N7O2PS. The molecule has 0 atom stereocenters. The van der Waals surface area contributed by atoms with Crippen LogP contribution in [0.15, 0.2) is 53.9 Å². The van der Waals surface area contributed by atoms with Crippen LogP contribution in [0, 0.1) is 0 Å². The van der Waals surface area contributed by atoms with E-state index in [9.17, 15) is 4.89 Å². The van der Waals surface area contributed by atoms with Gasteiger partial charge in [-0.25, -0.2) is 0 Å². The first-order valence-electron chi connectivity index (χ1n) is 16.6. The Balaban J connectivity index is 1.21. The predicted octanol–water partition coefficient (Wildman–Crippen LogP) is 6.50. The van der Waals surface area contributed by atoms with Crippen LogP contribution in [0.4, 0.5) is 28.8 Å². The van der Waals surface area contributed by atoms with Gasteiger partial charge in [-0.3, -0.25) is 4.90 Å². The minimum atomic E-state index is -2.80. The maximum absolute atomic E-state index is 12.0. The summed E-state index contributed by atoms with van der Waals surface area (Å²) in [6, 6.07) is 17.2. The molecule has 248 valence electrons. The van der Waals surface area contributed by atoms with Crippen LogP contribution < -0.4 is 25.6 Å². The minimum absolute atomic E-state index is 0.165. The second kappa shape index (κ2) is 14.0. The van der Waals surface area contributed by atoms with E-state index in [0.29, 0.717) is 12.0 Å². The number of thiophene rings is 1. The van der Waals surface area contributed by atoms with E-state index in [-0.39, 0.29) is 11.3 Å². The van der Waals surface area contributed by atoms with Crippen LogP contribution in [0.25, 0.3) is 10.2 Å². The molecule has 11 heteroatoms. The standard InChI is InChI=1S/C35H50N7O2PS/c1-24(2)45(43,25(3)4)32-10-8-7-9-29(32)36-34-33-30(15-22-46-33)38-35(39-34)37-28-12-11-27(23-31(28)44-6)41-16-13-26(14-17-41)42-20-18-40(5)19-21-42/h7-12,15,22-26,43,45H,13-14,16-21H2,1-6H3,(H2,36,37,38,39). The van der Waals surface area contributed by atoms with E-state index < -0.39 is 7.49 Å². The average molecular weight is 664 g/mol. The first-order chi connectivity index (χ1) is 22.2. The predicted molar refractivity (Wildman–Crippen MR) is 198 cm³/mol. The molecule has 2 aromatic carbocycles. The molecule has 2 saturated heterocycles. The number of hydrogen-bond acceptors (Lipinski definition) is 10. The van der Waals surface area contributed by atoms with E-state index in [1.54, 1.807) is 18.4 Å². The van der Waals surface area contributed by atoms with E-state index in [1.807, 2.05) is 29.6 Å². The Morgan fingerprint density at radius 3 is 2.30 bits per heavy atom. The number of likely N-dealkylation sites (N-methyl/N-ethyl adjacent to an activating group) is 1. The van der Waals surface area contributed by atoms with E-state index in [2.05, 4.69) is 84.3 Å². The number of fused-ring (bicyclic) bond motifs is 1. The van der Waals surface area contributed by atoms with Crippen molar-refractivity contribution in [1.82, 2.24) is 19.8 Å². The van der Waals surface area contributed by atoms with Gasteiger partial charge in [0.1, 0.15) is 0 Å². The van der Waals surface area contributed by atoms with Gasteiger partial charge in [0.2, 0.25) is 0 Å². The third-order valence-corrected chi connectivity index (χ3v) is 15.7. The third kappa shape index (κ3) is 6.69. The zero-order chi connectivity index (χ0) is 32.4. The van der Waals surface area contributed by atoms with Gasteiger partial charge in [0, 0.05) is 45.3 Å². The van der Waals surface area contributed by atoms with Crippen LogP contribution in [-0.4, -0.2) is 95.4 Å². The molecule has 2 aliphatic rings. The van der Waals surface area contributed by atoms with Crippen molar-refractivity contribution < 1.29 is 9.63 Å². The monoisotopic (exact) mass is 663 g/mol. The SMILES string of the molecule is COc1cc(N2CCC(N3CCN(C)CC3)CC2)ccc1Nc1nc(Nc2ccccc2[PH](O)(C(C)C)C(C)C)c2sccc2n1. The molecule has 46 heavy (non-hydrogen) atoms. The quantitative estimate of drug-likeness (QED) is 0.165. The van der Waals surface area contributed by atoms with Gasteiger partial charge in [-0.2, -0.15) is 0 Å². The Bertz CT molecular complexity index is 1620. The number of nitrogens with one attached hydrogen (secondary N) is 2. The summed E-state index contributed by atoms with van der Waals surface area (Å²) in [5.74, 6) is 1.97. The van der Waals surface area contributed by atoms with E-state index in [1.165, 1.54) is 44.7 Å². The second-order valence-corrected chi connectivity index (χ2v) is 18.8. The van der Waals surface area contributed by atoms with Gasteiger partial charge in [-0.1, -0.05) is 0 Å². The number of anilines is 5. The van der Waals surface area contributed by atoms with Gasteiger partial charge < -0.3 is 4.90 Å². The van der Waals surface area contributed by atoms with Crippen molar-refractivity contribution in [3.05, 3.63) is 53.9 Å². The molecule has 2 fully saturated rings. The molecule has 9 nitrogen and oxygen atoms in total. The number of piperazine rings is 1. The number of aromatic nitrogens is 2. The summed E-state index contributed by atoms with van der Waals surface area (Å²) in [6.45, 7) is 15.3. The van der Waals surface area contributed by atoms with Crippen molar-refractivity contribution in [3.8, 4) is 5.75 Å². The summed E-state index contributed by atoms with van der Waals surface area (Å²) in [5.41, 5.74) is 4.09. The third-order valence-electron chi connectivity index (χ3n) is 9.99. The van der Waals surface area contributed by atoms with Gasteiger partial charge in [-0.15, -0.1) is 0 Å². The van der Waals surface area contributed by atoms with E-state index in [0.717, 1.165) is 51.6 Å². The van der Waals surface area contributed by atoms with Crippen LogP contribution in [0.3, 0.4) is 0 Å². The van der Waals surface area contributed by atoms with E-state index in [4.69, 9.17) is 14.7 Å². The molecule has 0 spiro atoms. The number of nitrogens with zero attached hydrogens (tertiary/aromatic N) is 5. The molecule has 0 unspecified atom stereocenters. The van der Waals surface area contributed by atoms with Crippen molar-refractivity contribution >= 4 is 63.2 Å². The molecule has 4 aromatic rings. The molecule has 3 N–H and O–H groups in total. The van der Waals surface area contributed by atoms with Crippen LogP contribution in [-0.2, 0) is 0 Å². The second-order valence-electron chi connectivity index (χ2n) is 13.4. The van der Waals surface area contributed by atoms with Crippen LogP contribution in [0.5, 0.6) is 5.75 Å². The Labute approximate surface area is 278 Å².